The summed E-state index contributed by atoms with van der Waals surface area (Å²) >= 11 is 0. The number of hydrogen-bond donors (Lipinski definition) is 0. The van der Waals surface area contributed by atoms with E-state index < -0.39 is 0 Å². The van der Waals surface area contributed by atoms with Crippen LogP contribution in [0.4, 0.5) is 0 Å². The van der Waals surface area contributed by atoms with Crippen LogP contribution in [0.5, 0.6) is 0 Å². The molecular weight excluding hydrogens is 398 g/mol. The minimum atomic E-state index is -0.0712. The van der Waals surface area contributed by atoms with Crippen molar-refractivity contribution in [2.45, 2.75) is 72.9 Å². The van der Waals surface area contributed by atoms with Gasteiger partial charge in [0.1, 0.15) is 6.54 Å². The summed E-state index contributed by atoms with van der Waals surface area (Å²) in [4.78, 5) is 30.4. The molecule has 5 heteroatoms. The van der Waals surface area contributed by atoms with Crippen LogP contribution in [0, 0.1) is 5.92 Å². The summed E-state index contributed by atoms with van der Waals surface area (Å²) in [5.74, 6) is 0.272. The number of aryl methyl sites for hydroxylation is 2. The highest BCUT2D eigenvalue weighted by atomic mass is 16.2. The van der Waals surface area contributed by atoms with Gasteiger partial charge >= 0.3 is 0 Å². The number of unbranched alkanes of at least 4 members (excludes halogenated alkanes) is 1. The van der Waals surface area contributed by atoms with Crippen LogP contribution in [0.3, 0.4) is 0 Å². The molecule has 0 saturated heterocycles. The third-order valence-corrected chi connectivity index (χ3v) is 6.05. The summed E-state index contributed by atoms with van der Waals surface area (Å²) < 4.78 is 2.04. The van der Waals surface area contributed by atoms with Crippen molar-refractivity contribution in [2.24, 2.45) is 13.0 Å². The van der Waals surface area contributed by atoms with E-state index in [9.17, 15) is 9.59 Å². The van der Waals surface area contributed by atoms with Gasteiger partial charge in [-0.25, -0.2) is 0 Å². The van der Waals surface area contributed by atoms with E-state index in [1.807, 2.05) is 66.0 Å². The second-order valence-electron chi connectivity index (χ2n) is 9.27. The molecule has 2 rings (SSSR count). The molecule has 5 nitrogen and oxygen atoms in total. The molecule has 0 saturated carbocycles. The van der Waals surface area contributed by atoms with Crippen LogP contribution < -0.4 is 0 Å². The van der Waals surface area contributed by atoms with Crippen molar-refractivity contribution in [2.75, 3.05) is 13.1 Å². The van der Waals surface area contributed by atoms with Gasteiger partial charge in [-0.05, 0) is 61.9 Å². The largest absolute Gasteiger partial charge is 0.353 e. The minimum absolute atomic E-state index is 0.00637. The first-order chi connectivity index (χ1) is 15.3. The molecule has 0 radical (unpaired) electrons. The number of aromatic nitrogens is 1. The number of hydrogen-bond acceptors (Lipinski definition) is 2. The molecule has 1 aromatic heterocycles. The van der Waals surface area contributed by atoms with E-state index in [0.717, 1.165) is 31.4 Å². The van der Waals surface area contributed by atoms with E-state index >= 15 is 0 Å². The summed E-state index contributed by atoms with van der Waals surface area (Å²) in [5, 5.41) is 0. The van der Waals surface area contributed by atoms with Crippen molar-refractivity contribution in [3.63, 3.8) is 0 Å². The van der Waals surface area contributed by atoms with Gasteiger partial charge in [0.05, 0.1) is 6.54 Å². The number of carbonyl (C=O) groups is 2. The number of rotatable bonds is 12. The number of amides is 2. The van der Waals surface area contributed by atoms with E-state index in [2.05, 4.69) is 27.7 Å². The molecule has 2 aromatic rings. The Morgan fingerprint density at radius 2 is 1.72 bits per heavy atom. The van der Waals surface area contributed by atoms with Gasteiger partial charge in [-0.2, -0.15) is 0 Å². The SMILES string of the molecule is CCCCc1ccc(C(=O)N(CC(=O)N(Cc2cccn2C)CC(C)C)[C@H](C)CC)cc1. The summed E-state index contributed by atoms with van der Waals surface area (Å²) in [5.41, 5.74) is 2.99. The topological polar surface area (TPSA) is 45.6 Å². The van der Waals surface area contributed by atoms with Crippen LogP contribution in [0.2, 0.25) is 0 Å². The van der Waals surface area contributed by atoms with Crippen LogP contribution in [0.25, 0.3) is 0 Å². The molecule has 0 fully saturated rings. The van der Waals surface area contributed by atoms with Gasteiger partial charge in [0.25, 0.3) is 5.91 Å². The molecule has 0 aliphatic carbocycles. The zero-order chi connectivity index (χ0) is 23.7. The predicted octanol–water partition coefficient (Wildman–Crippen LogP) is 5.29. The second kappa shape index (κ2) is 12.5. The molecule has 0 aliphatic heterocycles. The van der Waals surface area contributed by atoms with Gasteiger partial charge in [0.2, 0.25) is 5.91 Å². The van der Waals surface area contributed by atoms with Crippen LogP contribution in [0.15, 0.2) is 42.6 Å². The Labute approximate surface area is 194 Å². The van der Waals surface area contributed by atoms with Crippen LogP contribution in [-0.2, 0) is 24.8 Å². The maximum absolute atomic E-state index is 13.4. The van der Waals surface area contributed by atoms with Crippen molar-refractivity contribution in [1.82, 2.24) is 14.4 Å². The Morgan fingerprint density at radius 3 is 2.25 bits per heavy atom. The lowest BCUT2D eigenvalue weighted by Gasteiger charge is -2.32. The van der Waals surface area contributed by atoms with Crippen molar-refractivity contribution in [3.8, 4) is 0 Å². The van der Waals surface area contributed by atoms with Crippen molar-refractivity contribution in [3.05, 3.63) is 59.4 Å². The van der Waals surface area contributed by atoms with Crippen molar-refractivity contribution in [1.29, 1.82) is 0 Å². The smallest absolute Gasteiger partial charge is 0.254 e. The highest BCUT2D eigenvalue weighted by Crippen LogP contribution is 2.15. The van der Waals surface area contributed by atoms with E-state index in [0.29, 0.717) is 24.6 Å². The fourth-order valence-corrected chi connectivity index (χ4v) is 3.81. The van der Waals surface area contributed by atoms with E-state index in [1.54, 1.807) is 4.90 Å². The molecular formula is C27H41N3O2. The van der Waals surface area contributed by atoms with Gasteiger partial charge in [-0.3, -0.25) is 9.59 Å². The number of benzene rings is 1. The molecule has 1 aromatic carbocycles. The van der Waals surface area contributed by atoms with Gasteiger partial charge in [-0.1, -0.05) is 46.2 Å². The molecule has 0 bridgehead atoms. The second-order valence-corrected chi connectivity index (χ2v) is 9.27. The molecule has 176 valence electrons. The average molecular weight is 440 g/mol. The predicted molar refractivity (Wildman–Crippen MR) is 132 cm³/mol. The Bertz CT molecular complexity index is 854. The Hall–Kier alpha value is -2.56. The quantitative estimate of drug-likeness (QED) is 0.451. The number of carbonyl (C=O) groups excluding carboxylic acids is 2. The highest BCUT2D eigenvalue weighted by molar-refractivity contribution is 5.96. The standard InChI is InChI=1S/C27H41N3O2/c1-7-9-11-23-13-15-24(16-14-23)27(32)30(22(5)8-2)20-26(31)29(18-21(3)4)19-25-12-10-17-28(25)6/h10,12-17,21-22H,7-9,11,18-20H2,1-6H3/t22-/m1/s1. The monoisotopic (exact) mass is 439 g/mol. The molecule has 0 N–H and O–H groups in total. The van der Waals surface area contributed by atoms with E-state index in [4.69, 9.17) is 0 Å². The molecule has 1 heterocycles. The molecule has 1 atom stereocenters. The summed E-state index contributed by atoms with van der Waals surface area (Å²) in [6.07, 6.45) is 6.12. The fourth-order valence-electron chi connectivity index (χ4n) is 3.81. The lowest BCUT2D eigenvalue weighted by Crippen LogP contribution is -2.47. The van der Waals surface area contributed by atoms with Crippen LogP contribution in [0.1, 0.15) is 75.5 Å². The molecule has 0 spiro atoms. The Balaban J connectivity index is 2.18. The maximum Gasteiger partial charge on any atom is 0.254 e. The first-order valence-corrected chi connectivity index (χ1v) is 12.0. The van der Waals surface area contributed by atoms with Gasteiger partial charge in [0.15, 0.2) is 0 Å². The zero-order valence-electron chi connectivity index (χ0n) is 20.8. The maximum atomic E-state index is 13.4. The first-order valence-electron chi connectivity index (χ1n) is 12.0. The summed E-state index contributed by atoms with van der Waals surface area (Å²) in [6, 6.07) is 11.9. The van der Waals surface area contributed by atoms with E-state index in [1.165, 1.54) is 5.56 Å². The van der Waals surface area contributed by atoms with Gasteiger partial charge in [0, 0.05) is 37.1 Å². The molecule has 0 aliphatic rings. The van der Waals surface area contributed by atoms with Gasteiger partial charge in [-0.15, -0.1) is 0 Å². The third kappa shape index (κ3) is 7.25. The zero-order valence-corrected chi connectivity index (χ0v) is 20.8. The van der Waals surface area contributed by atoms with Crippen LogP contribution in [-0.4, -0.2) is 45.3 Å². The van der Waals surface area contributed by atoms with Crippen molar-refractivity contribution < 1.29 is 9.59 Å². The summed E-state index contributed by atoms with van der Waals surface area (Å²) in [6.45, 7) is 11.8. The molecule has 0 unspecified atom stereocenters. The Kier molecular flexibility index (Phi) is 10.0. The summed E-state index contributed by atoms with van der Waals surface area (Å²) in [7, 11) is 1.99. The lowest BCUT2D eigenvalue weighted by molar-refractivity contribution is -0.133. The lowest BCUT2D eigenvalue weighted by atomic mass is 10.0. The fraction of sp³-hybridized carbons (Fsp3) is 0.556. The third-order valence-electron chi connectivity index (χ3n) is 6.05. The van der Waals surface area contributed by atoms with Gasteiger partial charge < -0.3 is 14.4 Å². The minimum Gasteiger partial charge on any atom is -0.353 e. The number of nitrogens with zero attached hydrogens (tertiary/aromatic N) is 3. The normalized spacial score (nSPS) is 12.1. The molecule has 2 amide bonds. The Morgan fingerprint density at radius 1 is 1.03 bits per heavy atom. The van der Waals surface area contributed by atoms with Crippen molar-refractivity contribution >= 4 is 11.8 Å². The van der Waals surface area contributed by atoms with E-state index in [-0.39, 0.29) is 24.4 Å². The average Bonchev–Trinajstić information content (AvgIpc) is 3.18. The molecule has 32 heavy (non-hydrogen) atoms. The first kappa shape index (κ1) is 25.7. The highest BCUT2D eigenvalue weighted by Gasteiger charge is 2.26. The van der Waals surface area contributed by atoms with Crippen LogP contribution >= 0.6 is 0 Å².